The molecule has 0 atom stereocenters. The molecule has 2 rings (SSSR count). The van der Waals surface area contributed by atoms with Crippen LogP contribution in [0.15, 0.2) is 58.5 Å². The van der Waals surface area contributed by atoms with E-state index in [2.05, 4.69) is 9.98 Å². The lowest BCUT2D eigenvalue weighted by Gasteiger charge is -2.06. The predicted octanol–water partition coefficient (Wildman–Crippen LogP) is 2.15. The van der Waals surface area contributed by atoms with Crippen LogP contribution in [0.4, 0.5) is 11.4 Å². The summed E-state index contributed by atoms with van der Waals surface area (Å²) in [4.78, 5) is 50.3. The van der Waals surface area contributed by atoms with Crippen molar-refractivity contribution in [1.29, 1.82) is 0 Å². The second-order valence-corrected chi connectivity index (χ2v) is 4.83. The normalized spacial score (nSPS) is 9.48. The van der Waals surface area contributed by atoms with Gasteiger partial charge in [0.05, 0.1) is 11.4 Å². The highest BCUT2D eigenvalue weighted by atomic mass is 16.6. The lowest BCUT2D eigenvalue weighted by atomic mass is 10.3. The van der Waals surface area contributed by atoms with Gasteiger partial charge in [-0.15, -0.1) is 0 Å². The number of esters is 2. The molecule has 9 nitrogen and oxygen atoms in total. The van der Waals surface area contributed by atoms with Crippen molar-refractivity contribution in [3.63, 3.8) is 0 Å². The molecule has 0 saturated heterocycles. The van der Waals surface area contributed by atoms with Crippen molar-refractivity contribution in [2.75, 3.05) is 13.2 Å². The smallest absolute Gasteiger partial charge is 0.337 e. The Labute approximate surface area is 152 Å². The quantitative estimate of drug-likeness (QED) is 0.303. The Hall–Kier alpha value is -3.90. The molecule has 0 unspecified atom stereocenters. The van der Waals surface area contributed by atoms with Crippen LogP contribution in [0.3, 0.4) is 0 Å². The molecule has 0 fully saturated rings. The minimum absolute atomic E-state index is 0.231. The molecule has 0 aliphatic heterocycles. The number of hydrogen-bond donors (Lipinski definition) is 0. The topological polar surface area (TPSA) is 121 Å². The van der Waals surface area contributed by atoms with Gasteiger partial charge in [-0.1, -0.05) is 0 Å². The molecule has 0 aromatic heterocycles. The molecule has 0 amide bonds. The molecule has 136 valence electrons. The number of aliphatic imine (C=N–C) groups is 2. The average Bonchev–Trinajstić information content (AvgIpc) is 2.65. The molecule has 2 aromatic carbocycles. The fourth-order valence-electron chi connectivity index (χ4n) is 1.82. The number of rotatable bonds is 8. The number of carbonyl (C=O) groups is 2. The lowest BCUT2D eigenvalue weighted by Crippen LogP contribution is -2.21. The Kier molecular flexibility index (Phi) is 7.32. The van der Waals surface area contributed by atoms with E-state index in [0.717, 1.165) is 0 Å². The van der Waals surface area contributed by atoms with Crippen molar-refractivity contribution in [1.82, 2.24) is 0 Å². The van der Waals surface area contributed by atoms with Gasteiger partial charge in [0, 0.05) is 0 Å². The molecule has 0 heterocycles. The van der Waals surface area contributed by atoms with E-state index in [1.807, 2.05) is 0 Å². The lowest BCUT2D eigenvalue weighted by molar-refractivity contribution is -0.145. The first-order valence-electron chi connectivity index (χ1n) is 7.45. The van der Waals surface area contributed by atoms with Crippen LogP contribution in [0.2, 0.25) is 0 Å². The zero-order valence-electron chi connectivity index (χ0n) is 13.8. The minimum Gasteiger partial charge on any atom is -0.425 e. The fourth-order valence-corrected chi connectivity index (χ4v) is 1.82. The third kappa shape index (κ3) is 6.85. The van der Waals surface area contributed by atoms with Crippen molar-refractivity contribution < 1.29 is 33.4 Å². The Morgan fingerprint density at radius 1 is 0.704 bits per heavy atom. The largest absolute Gasteiger partial charge is 0.425 e. The van der Waals surface area contributed by atoms with Crippen LogP contribution >= 0.6 is 0 Å². The third-order valence-electron chi connectivity index (χ3n) is 2.93. The van der Waals surface area contributed by atoms with E-state index in [1.165, 1.54) is 60.7 Å². The van der Waals surface area contributed by atoms with Gasteiger partial charge >= 0.3 is 11.9 Å². The summed E-state index contributed by atoms with van der Waals surface area (Å²) >= 11 is 0. The van der Waals surface area contributed by atoms with Crippen LogP contribution < -0.4 is 9.47 Å². The molecular formula is C18H12N2O7. The van der Waals surface area contributed by atoms with Crippen LogP contribution in [0.25, 0.3) is 0 Å². The zero-order valence-corrected chi connectivity index (χ0v) is 13.8. The number of ether oxygens (including phenoxy) is 3. The van der Waals surface area contributed by atoms with Gasteiger partial charge in [0.2, 0.25) is 12.2 Å². The fraction of sp³-hybridized carbons (Fsp3) is 0.111. The summed E-state index contributed by atoms with van der Waals surface area (Å²) in [6.07, 6.45) is 2.78. The summed E-state index contributed by atoms with van der Waals surface area (Å²) < 4.78 is 14.9. The molecular weight excluding hydrogens is 356 g/mol. The van der Waals surface area contributed by atoms with E-state index in [0.29, 0.717) is 11.4 Å². The number of benzene rings is 2. The average molecular weight is 368 g/mol. The van der Waals surface area contributed by atoms with Crippen LogP contribution in [-0.4, -0.2) is 37.3 Å². The SMILES string of the molecule is O=C=Nc1ccc(OC(=O)COCC(=O)Oc2ccc(N=C=O)cc2)cc1. The first-order valence-corrected chi connectivity index (χ1v) is 7.45. The van der Waals surface area contributed by atoms with Crippen molar-refractivity contribution in [3.05, 3.63) is 48.5 Å². The standard InChI is InChI=1S/C18H12N2O7/c21-11-19-13-1-5-15(6-2-13)26-17(23)9-25-10-18(24)27-16-7-3-14(4-8-16)20-12-22/h1-8H,9-10H2. The highest BCUT2D eigenvalue weighted by molar-refractivity contribution is 5.76. The van der Waals surface area contributed by atoms with Gasteiger partial charge in [-0.2, -0.15) is 9.98 Å². The molecule has 0 saturated carbocycles. The third-order valence-corrected chi connectivity index (χ3v) is 2.93. The van der Waals surface area contributed by atoms with Crippen LogP contribution in [-0.2, 0) is 23.9 Å². The van der Waals surface area contributed by atoms with Gasteiger partial charge in [0.15, 0.2) is 0 Å². The van der Waals surface area contributed by atoms with E-state index in [1.54, 1.807) is 0 Å². The highest BCUT2D eigenvalue weighted by Gasteiger charge is 2.09. The maximum absolute atomic E-state index is 11.6. The van der Waals surface area contributed by atoms with E-state index in [4.69, 9.17) is 14.2 Å². The summed E-state index contributed by atoms with van der Waals surface area (Å²) in [5.74, 6) is -0.973. The van der Waals surface area contributed by atoms with Gasteiger partial charge in [0.1, 0.15) is 24.7 Å². The van der Waals surface area contributed by atoms with Gasteiger partial charge < -0.3 is 14.2 Å². The Morgan fingerprint density at radius 2 is 1.07 bits per heavy atom. The molecule has 0 bridgehead atoms. The molecule has 0 radical (unpaired) electrons. The number of nitrogens with zero attached hydrogens (tertiary/aromatic N) is 2. The summed E-state index contributed by atoms with van der Waals surface area (Å²) in [5.41, 5.74) is 0.740. The van der Waals surface area contributed by atoms with Crippen molar-refractivity contribution in [2.45, 2.75) is 0 Å². The van der Waals surface area contributed by atoms with Gasteiger partial charge in [-0.05, 0) is 48.5 Å². The summed E-state index contributed by atoms with van der Waals surface area (Å²) in [6.45, 7) is -0.924. The second kappa shape index (κ2) is 10.2. The summed E-state index contributed by atoms with van der Waals surface area (Å²) in [7, 11) is 0. The molecule has 0 N–H and O–H groups in total. The Bertz CT molecular complexity index is 819. The summed E-state index contributed by atoms with van der Waals surface area (Å²) in [5, 5.41) is 0. The first-order chi connectivity index (χ1) is 13.1. The molecule has 9 heteroatoms. The summed E-state index contributed by atoms with van der Waals surface area (Å²) in [6, 6.07) is 11.7. The van der Waals surface area contributed by atoms with Crippen molar-refractivity contribution in [2.24, 2.45) is 9.98 Å². The van der Waals surface area contributed by atoms with Crippen LogP contribution in [0.5, 0.6) is 11.5 Å². The van der Waals surface area contributed by atoms with Gasteiger partial charge in [0.25, 0.3) is 0 Å². The van der Waals surface area contributed by atoms with E-state index in [-0.39, 0.29) is 11.5 Å². The van der Waals surface area contributed by atoms with Gasteiger partial charge in [-0.3, -0.25) is 0 Å². The zero-order chi connectivity index (χ0) is 19.5. The molecule has 0 aliphatic rings. The molecule has 0 aliphatic carbocycles. The van der Waals surface area contributed by atoms with Crippen LogP contribution in [0, 0.1) is 0 Å². The first kappa shape index (κ1) is 19.4. The molecule has 0 spiro atoms. The monoisotopic (exact) mass is 368 g/mol. The second-order valence-electron chi connectivity index (χ2n) is 4.83. The number of carbonyl (C=O) groups excluding carboxylic acids is 4. The van der Waals surface area contributed by atoms with Crippen molar-refractivity contribution in [3.8, 4) is 11.5 Å². The highest BCUT2D eigenvalue weighted by Crippen LogP contribution is 2.18. The predicted molar refractivity (Wildman–Crippen MR) is 90.5 cm³/mol. The Morgan fingerprint density at radius 3 is 1.41 bits per heavy atom. The van der Waals surface area contributed by atoms with Crippen LogP contribution in [0.1, 0.15) is 0 Å². The van der Waals surface area contributed by atoms with Crippen molar-refractivity contribution >= 4 is 35.5 Å². The van der Waals surface area contributed by atoms with E-state index < -0.39 is 25.2 Å². The maximum atomic E-state index is 11.6. The molecule has 2 aromatic rings. The maximum Gasteiger partial charge on any atom is 0.337 e. The number of isocyanates is 2. The van der Waals surface area contributed by atoms with E-state index in [9.17, 15) is 19.2 Å². The van der Waals surface area contributed by atoms with Gasteiger partial charge in [-0.25, -0.2) is 19.2 Å². The minimum atomic E-state index is -0.717. The number of hydrogen-bond acceptors (Lipinski definition) is 9. The van der Waals surface area contributed by atoms with E-state index >= 15 is 0 Å². The molecule has 27 heavy (non-hydrogen) atoms. The Balaban J connectivity index is 1.72.